The minimum Gasteiger partial charge on any atom is -0.387 e. The Hall–Kier alpha value is -1.93. The lowest BCUT2D eigenvalue weighted by Crippen LogP contribution is -2.45. The third-order valence-corrected chi connectivity index (χ3v) is 6.09. The first kappa shape index (κ1) is 17.5. The largest absolute Gasteiger partial charge is 0.387 e. The molecular formula is C18H24N4O3S. The summed E-state index contributed by atoms with van der Waals surface area (Å²) in [6.45, 7) is 1.83. The van der Waals surface area contributed by atoms with E-state index >= 15 is 0 Å². The van der Waals surface area contributed by atoms with Crippen LogP contribution in [0.3, 0.4) is 0 Å². The number of likely N-dealkylation sites (tertiary alicyclic amines) is 1. The van der Waals surface area contributed by atoms with Gasteiger partial charge in [0.05, 0.1) is 6.10 Å². The summed E-state index contributed by atoms with van der Waals surface area (Å²) >= 11 is 1.59. The van der Waals surface area contributed by atoms with Crippen LogP contribution in [0.2, 0.25) is 0 Å². The van der Waals surface area contributed by atoms with Gasteiger partial charge in [0.1, 0.15) is 0 Å². The Labute approximate surface area is 156 Å². The van der Waals surface area contributed by atoms with Crippen molar-refractivity contribution in [1.82, 2.24) is 20.4 Å². The van der Waals surface area contributed by atoms with Crippen LogP contribution in [0.15, 0.2) is 22.0 Å². The zero-order chi connectivity index (χ0) is 17.9. The van der Waals surface area contributed by atoms with Crippen LogP contribution in [0.4, 0.5) is 4.79 Å². The van der Waals surface area contributed by atoms with Gasteiger partial charge in [-0.05, 0) is 43.0 Å². The van der Waals surface area contributed by atoms with E-state index in [1.807, 2.05) is 22.4 Å². The minimum atomic E-state index is -0.418. The fraction of sp³-hybridized carbons (Fsp3) is 0.611. The second-order valence-electron chi connectivity index (χ2n) is 7.09. The monoisotopic (exact) mass is 376 g/mol. The molecule has 7 nitrogen and oxygen atoms in total. The van der Waals surface area contributed by atoms with Gasteiger partial charge in [-0.15, -0.1) is 11.3 Å². The number of nitrogens with zero attached hydrogens (tertiary/aromatic N) is 3. The Morgan fingerprint density at radius 1 is 1.38 bits per heavy atom. The van der Waals surface area contributed by atoms with Crippen molar-refractivity contribution >= 4 is 17.4 Å². The number of carbonyl (C=O) groups excluding carboxylic acids is 1. The minimum absolute atomic E-state index is 0.0593. The molecule has 0 aromatic carbocycles. The zero-order valence-corrected chi connectivity index (χ0v) is 15.5. The molecule has 2 aromatic rings. The highest BCUT2D eigenvalue weighted by atomic mass is 32.1. The molecule has 1 atom stereocenters. The van der Waals surface area contributed by atoms with Crippen LogP contribution >= 0.6 is 11.3 Å². The van der Waals surface area contributed by atoms with Crippen molar-refractivity contribution in [3.05, 3.63) is 34.1 Å². The van der Waals surface area contributed by atoms with E-state index < -0.39 is 6.10 Å². The van der Waals surface area contributed by atoms with Crippen molar-refractivity contribution in [2.45, 2.75) is 44.1 Å². The predicted octanol–water partition coefficient (Wildman–Crippen LogP) is 2.71. The lowest BCUT2D eigenvalue weighted by atomic mass is 9.90. The summed E-state index contributed by atoms with van der Waals surface area (Å²) in [5.41, 5.74) is 0. The van der Waals surface area contributed by atoms with Crippen LogP contribution in [0, 0.1) is 5.92 Å². The molecule has 1 aliphatic heterocycles. The summed E-state index contributed by atoms with van der Waals surface area (Å²) in [5.74, 6) is 2.09. The van der Waals surface area contributed by atoms with Crippen LogP contribution in [-0.2, 0) is 6.42 Å². The second-order valence-corrected chi connectivity index (χ2v) is 8.07. The zero-order valence-electron chi connectivity index (χ0n) is 14.6. The molecule has 0 spiro atoms. The fourth-order valence-corrected chi connectivity index (χ4v) is 4.18. The van der Waals surface area contributed by atoms with E-state index in [4.69, 9.17) is 4.52 Å². The van der Waals surface area contributed by atoms with Crippen molar-refractivity contribution in [3.63, 3.8) is 0 Å². The fourth-order valence-electron chi connectivity index (χ4n) is 3.38. The average Bonchev–Trinajstić information content (AvgIpc) is 3.18. The number of aliphatic hydroxyl groups excluding tert-OH is 1. The van der Waals surface area contributed by atoms with Gasteiger partial charge in [-0.2, -0.15) is 4.98 Å². The predicted molar refractivity (Wildman–Crippen MR) is 97.0 cm³/mol. The number of carbonyl (C=O) groups is 1. The number of thiophene rings is 1. The SMILES string of the molecule is O=C(NCCc1nc(C2CC2)no1)N1CCC([C@H](O)c2cccs2)CC1. The summed E-state index contributed by atoms with van der Waals surface area (Å²) in [7, 11) is 0. The normalized spacial score (nSPS) is 19.5. The maximum Gasteiger partial charge on any atom is 0.317 e. The van der Waals surface area contributed by atoms with Crippen molar-refractivity contribution in [3.8, 4) is 0 Å². The molecule has 2 aromatic heterocycles. The molecule has 1 saturated heterocycles. The molecule has 3 heterocycles. The lowest BCUT2D eigenvalue weighted by Gasteiger charge is -2.34. The van der Waals surface area contributed by atoms with Crippen molar-refractivity contribution in [2.24, 2.45) is 5.92 Å². The Morgan fingerprint density at radius 2 is 2.19 bits per heavy atom. The van der Waals surface area contributed by atoms with Crippen LogP contribution in [0.1, 0.15) is 54.3 Å². The molecule has 2 fully saturated rings. The third kappa shape index (κ3) is 4.07. The van der Waals surface area contributed by atoms with E-state index in [0.29, 0.717) is 37.9 Å². The number of aromatic nitrogens is 2. The van der Waals surface area contributed by atoms with E-state index in [0.717, 1.165) is 36.4 Å². The summed E-state index contributed by atoms with van der Waals surface area (Å²) in [6.07, 6.45) is 4.07. The van der Waals surface area contributed by atoms with Gasteiger partial charge in [0.15, 0.2) is 5.82 Å². The molecule has 0 unspecified atom stereocenters. The van der Waals surface area contributed by atoms with Crippen LogP contribution in [0.5, 0.6) is 0 Å². The Balaban J connectivity index is 1.18. The van der Waals surface area contributed by atoms with E-state index in [2.05, 4.69) is 15.5 Å². The Bertz CT molecular complexity index is 721. The molecular weight excluding hydrogens is 352 g/mol. The lowest BCUT2D eigenvalue weighted by molar-refractivity contribution is 0.0690. The van der Waals surface area contributed by atoms with E-state index in [-0.39, 0.29) is 11.9 Å². The number of hydrogen-bond acceptors (Lipinski definition) is 6. The van der Waals surface area contributed by atoms with Gasteiger partial charge in [0.25, 0.3) is 0 Å². The van der Waals surface area contributed by atoms with E-state index in [1.165, 1.54) is 0 Å². The Morgan fingerprint density at radius 3 is 2.88 bits per heavy atom. The van der Waals surface area contributed by atoms with Crippen LogP contribution < -0.4 is 5.32 Å². The van der Waals surface area contributed by atoms with Gasteiger partial charge in [0.2, 0.25) is 5.89 Å². The highest BCUT2D eigenvalue weighted by Gasteiger charge is 2.30. The van der Waals surface area contributed by atoms with E-state index in [1.54, 1.807) is 11.3 Å². The molecule has 2 amide bonds. The molecule has 2 N–H and O–H groups in total. The Kier molecular flexibility index (Phi) is 5.21. The number of nitrogens with one attached hydrogen (secondary N) is 1. The number of rotatable bonds is 6. The highest BCUT2D eigenvalue weighted by Crippen LogP contribution is 2.38. The molecule has 0 radical (unpaired) electrons. The molecule has 1 saturated carbocycles. The quantitative estimate of drug-likeness (QED) is 0.809. The van der Waals surface area contributed by atoms with Crippen molar-refractivity contribution in [2.75, 3.05) is 19.6 Å². The topological polar surface area (TPSA) is 91.5 Å². The number of urea groups is 1. The molecule has 140 valence electrons. The van der Waals surface area contributed by atoms with Crippen molar-refractivity contribution < 1.29 is 14.4 Å². The van der Waals surface area contributed by atoms with Gasteiger partial charge in [-0.25, -0.2) is 4.79 Å². The molecule has 8 heteroatoms. The number of aliphatic hydroxyl groups is 1. The molecule has 1 aliphatic carbocycles. The number of piperidine rings is 1. The van der Waals surface area contributed by atoms with Gasteiger partial charge < -0.3 is 19.8 Å². The molecule has 0 bridgehead atoms. The molecule has 2 aliphatic rings. The summed E-state index contributed by atoms with van der Waals surface area (Å²) in [6, 6.07) is 3.87. The number of amides is 2. The summed E-state index contributed by atoms with van der Waals surface area (Å²) in [4.78, 5) is 19.5. The van der Waals surface area contributed by atoms with E-state index in [9.17, 15) is 9.90 Å². The first-order chi connectivity index (χ1) is 12.7. The number of hydrogen-bond donors (Lipinski definition) is 2. The van der Waals surface area contributed by atoms with Crippen LogP contribution in [-0.4, -0.2) is 45.8 Å². The second kappa shape index (κ2) is 7.75. The van der Waals surface area contributed by atoms with Crippen molar-refractivity contribution in [1.29, 1.82) is 0 Å². The highest BCUT2D eigenvalue weighted by molar-refractivity contribution is 7.10. The summed E-state index contributed by atoms with van der Waals surface area (Å²) < 4.78 is 5.22. The first-order valence-corrected chi connectivity index (χ1v) is 10.2. The molecule has 4 rings (SSSR count). The maximum absolute atomic E-state index is 12.3. The van der Waals surface area contributed by atoms with Gasteiger partial charge in [0, 0.05) is 36.9 Å². The van der Waals surface area contributed by atoms with Gasteiger partial charge in [-0.1, -0.05) is 11.2 Å². The first-order valence-electron chi connectivity index (χ1n) is 9.27. The van der Waals surface area contributed by atoms with Gasteiger partial charge in [-0.3, -0.25) is 0 Å². The smallest absolute Gasteiger partial charge is 0.317 e. The summed E-state index contributed by atoms with van der Waals surface area (Å²) in [5, 5.41) is 19.3. The maximum atomic E-state index is 12.3. The third-order valence-electron chi connectivity index (χ3n) is 5.15. The van der Waals surface area contributed by atoms with Crippen LogP contribution in [0.25, 0.3) is 0 Å². The standard InChI is InChI=1S/C18H24N4O3S/c23-16(14-2-1-11-26-14)12-6-9-22(10-7-12)18(24)19-8-5-15-20-17(21-25-15)13-3-4-13/h1-2,11-13,16,23H,3-10H2,(H,19,24)/t16-/m0/s1. The average molecular weight is 376 g/mol. The van der Waals surface area contributed by atoms with Gasteiger partial charge >= 0.3 is 6.03 Å². The molecule has 26 heavy (non-hydrogen) atoms.